The zero-order chi connectivity index (χ0) is 12.6. The zero-order valence-electron chi connectivity index (χ0n) is 8.65. The minimum atomic E-state index is -0.560. The fourth-order valence-corrected chi connectivity index (χ4v) is 3.19. The smallest absolute Gasteiger partial charge is 0.404 e. The molecule has 1 atom stereocenters. The molecule has 17 heavy (non-hydrogen) atoms. The maximum atomic E-state index is 10.5. The number of hydrogen-bond donors (Lipinski definition) is 0. The molecule has 90 valence electrons. The number of aryl methyl sites for hydroxylation is 1. The Kier molecular flexibility index (Phi) is 3.56. The predicted molar refractivity (Wildman–Crippen MR) is 70.2 cm³/mol. The monoisotopic (exact) mass is 335 g/mol. The summed E-state index contributed by atoms with van der Waals surface area (Å²) in [7, 11) is 0. The zero-order valence-corrected chi connectivity index (χ0v) is 11.8. The first-order valence-corrected chi connectivity index (χ1v) is 6.74. The Bertz CT molecular complexity index is 546. The van der Waals surface area contributed by atoms with Crippen LogP contribution in [0.5, 0.6) is 0 Å². The SMILES string of the molecule is Cc1cc(C(Br)c2ccc([N+](=O)[O-])o2)sc1Cl. The third-order valence-corrected chi connectivity index (χ3v) is 5.04. The Hall–Kier alpha value is -0.850. The van der Waals surface area contributed by atoms with Crippen molar-refractivity contribution in [2.75, 3.05) is 0 Å². The van der Waals surface area contributed by atoms with Gasteiger partial charge in [0.25, 0.3) is 0 Å². The summed E-state index contributed by atoms with van der Waals surface area (Å²) in [5.41, 5.74) is 0.983. The molecule has 0 radical (unpaired) electrons. The van der Waals surface area contributed by atoms with Crippen molar-refractivity contribution in [3.05, 3.63) is 48.9 Å². The molecule has 0 bridgehead atoms. The summed E-state index contributed by atoms with van der Waals surface area (Å²) in [6.07, 6.45) is 0. The summed E-state index contributed by atoms with van der Waals surface area (Å²) >= 11 is 10.8. The van der Waals surface area contributed by atoms with Crippen molar-refractivity contribution < 1.29 is 9.34 Å². The molecule has 0 N–H and O–H groups in total. The highest BCUT2D eigenvalue weighted by Crippen LogP contribution is 2.40. The normalized spacial score (nSPS) is 12.6. The molecule has 0 amide bonds. The maximum absolute atomic E-state index is 10.5. The largest absolute Gasteiger partial charge is 0.433 e. The highest BCUT2D eigenvalue weighted by Gasteiger charge is 2.21. The van der Waals surface area contributed by atoms with Gasteiger partial charge in [-0.25, -0.2) is 0 Å². The minimum Gasteiger partial charge on any atom is -0.404 e. The van der Waals surface area contributed by atoms with Gasteiger partial charge in [-0.1, -0.05) is 27.5 Å². The van der Waals surface area contributed by atoms with Crippen LogP contribution in [0.1, 0.15) is 21.0 Å². The van der Waals surface area contributed by atoms with Crippen molar-refractivity contribution in [1.29, 1.82) is 0 Å². The van der Waals surface area contributed by atoms with Crippen LogP contribution in [-0.2, 0) is 0 Å². The molecular formula is C10H7BrClNO3S. The molecule has 0 fully saturated rings. The Labute approximate surface area is 114 Å². The van der Waals surface area contributed by atoms with E-state index < -0.39 is 4.92 Å². The van der Waals surface area contributed by atoms with Gasteiger partial charge < -0.3 is 4.42 Å². The molecule has 0 saturated heterocycles. The summed E-state index contributed by atoms with van der Waals surface area (Å²) < 4.78 is 5.84. The third-order valence-electron chi connectivity index (χ3n) is 2.17. The Morgan fingerprint density at radius 3 is 2.76 bits per heavy atom. The molecule has 1 unspecified atom stereocenters. The molecule has 0 aromatic carbocycles. The Morgan fingerprint density at radius 2 is 2.29 bits per heavy atom. The van der Waals surface area contributed by atoms with Crippen molar-refractivity contribution in [2.24, 2.45) is 0 Å². The van der Waals surface area contributed by atoms with Crippen LogP contribution in [0.3, 0.4) is 0 Å². The molecule has 0 aliphatic carbocycles. The van der Waals surface area contributed by atoms with Crippen LogP contribution in [0.4, 0.5) is 5.88 Å². The first kappa shape index (κ1) is 12.6. The van der Waals surface area contributed by atoms with Crippen molar-refractivity contribution in [1.82, 2.24) is 0 Å². The molecule has 0 aliphatic heterocycles. The van der Waals surface area contributed by atoms with Gasteiger partial charge in [-0.2, -0.15) is 0 Å². The molecule has 0 aliphatic rings. The Morgan fingerprint density at radius 1 is 1.59 bits per heavy atom. The number of thiophene rings is 1. The lowest BCUT2D eigenvalue weighted by atomic mass is 10.2. The second kappa shape index (κ2) is 4.80. The number of rotatable bonds is 3. The second-order valence-corrected chi connectivity index (χ2v) is 6.00. The molecule has 2 rings (SSSR count). The molecule has 2 aromatic heterocycles. The van der Waals surface area contributed by atoms with Gasteiger partial charge in [0, 0.05) is 4.88 Å². The van der Waals surface area contributed by atoms with Gasteiger partial charge in [-0.05, 0) is 24.6 Å². The van der Waals surface area contributed by atoms with Gasteiger partial charge in [0.15, 0.2) is 0 Å². The van der Waals surface area contributed by atoms with Crippen molar-refractivity contribution in [2.45, 2.75) is 11.8 Å². The highest BCUT2D eigenvalue weighted by atomic mass is 79.9. The average Bonchev–Trinajstić information content (AvgIpc) is 2.86. The highest BCUT2D eigenvalue weighted by molar-refractivity contribution is 9.09. The van der Waals surface area contributed by atoms with E-state index in [0.29, 0.717) is 10.1 Å². The van der Waals surface area contributed by atoms with Crippen LogP contribution in [0.25, 0.3) is 0 Å². The number of hydrogen-bond acceptors (Lipinski definition) is 4. The van der Waals surface area contributed by atoms with Crippen molar-refractivity contribution in [3.63, 3.8) is 0 Å². The minimum absolute atomic E-state index is 0.215. The summed E-state index contributed by atoms with van der Waals surface area (Å²) in [4.78, 5) is 10.7. The van der Waals surface area contributed by atoms with E-state index in [0.717, 1.165) is 10.4 Å². The summed E-state index contributed by atoms with van der Waals surface area (Å²) in [6, 6.07) is 4.85. The lowest BCUT2D eigenvalue weighted by Crippen LogP contribution is -1.87. The quantitative estimate of drug-likeness (QED) is 0.464. The predicted octanol–water partition coefficient (Wildman–Crippen LogP) is 4.70. The van der Waals surface area contributed by atoms with Crippen LogP contribution in [0, 0.1) is 17.0 Å². The lowest BCUT2D eigenvalue weighted by molar-refractivity contribution is -0.402. The first-order valence-electron chi connectivity index (χ1n) is 4.63. The van der Waals surface area contributed by atoms with E-state index in [2.05, 4.69) is 15.9 Å². The fourth-order valence-electron chi connectivity index (χ4n) is 1.33. The van der Waals surface area contributed by atoms with Gasteiger partial charge in [0.05, 0.1) is 10.4 Å². The molecule has 7 heteroatoms. The summed E-state index contributed by atoms with van der Waals surface area (Å²) in [6.45, 7) is 1.91. The number of halogens is 2. The standard InChI is InChI=1S/C10H7BrClNO3S/c1-5-4-7(17-10(5)12)9(11)6-2-3-8(16-6)13(14)15/h2-4,9H,1H3. The van der Waals surface area contributed by atoms with Gasteiger partial charge in [-0.3, -0.25) is 10.1 Å². The fraction of sp³-hybridized carbons (Fsp3) is 0.200. The molecule has 0 saturated carbocycles. The first-order chi connectivity index (χ1) is 7.99. The van der Waals surface area contributed by atoms with E-state index in [1.807, 2.05) is 13.0 Å². The van der Waals surface area contributed by atoms with E-state index in [4.69, 9.17) is 16.0 Å². The van der Waals surface area contributed by atoms with E-state index >= 15 is 0 Å². The van der Waals surface area contributed by atoms with Crippen LogP contribution >= 0.6 is 38.9 Å². The van der Waals surface area contributed by atoms with Gasteiger partial charge in [0.1, 0.15) is 15.5 Å². The van der Waals surface area contributed by atoms with Crippen LogP contribution < -0.4 is 0 Å². The number of alkyl halides is 1. The van der Waals surface area contributed by atoms with E-state index in [1.165, 1.54) is 17.4 Å². The summed E-state index contributed by atoms with van der Waals surface area (Å²) in [5.74, 6) is 0.235. The van der Waals surface area contributed by atoms with E-state index in [-0.39, 0.29) is 10.7 Å². The number of nitro groups is 1. The molecule has 2 aromatic rings. The lowest BCUT2D eigenvalue weighted by Gasteiger charge is -2.01. The van der Waals surface area contributed by atoms with Crippen LogP contribution in [0.2, 0.25) is 4.34 Å². The van der Waals surface area contributed by atoms with Crippen LogP contribution in [0.15, 0.2) is 22.6 Å². The molecule has 4 nitrogen and oxygen atoms in total. The second-order valence-electron chi connectivity index (χ2n) is 3.40. The maximum Gasteiger partial charge on any atom is 0.433 e. The molecular weight excluding hydrogens is 330 g/mol. The van der Waals surface area contributed by atoms with Crippen LogP contribution in [-0.4, -0.2) is 4.92 Å². The topological polar surface area (TPSA) is 56.3 Å². The van der Waals surface area contributed by atoms with Gasteiger partial charge in [0.2, 0.25) is 0 Å². The molecule has 2 heterocycles. The number of nitrogens with zero attached hydrogens (tertiary/aromatic N) is 1. The van der Waals surface area contributed by atoms with Gasteiger partial charge >= 0.3 is 5.88 Å². The number of furan rings is 1. The van der Waals surface area contributed by atoms with Crippen molar-refractivity contribution >= 4 is 44.8 Å². The summed E-state index contributed by atoms with van der Waals surface area (Å²) in [5, 5.41) is 10.5. The van der Waals surface area contributed by atoms with E-state index in [1.54, 1.807) is 6.07 Å². The average molecular weight is 337 g/mol. The third kappa shape index (κ3) is 2.53. The van der Waals surface area contributed by atoms with E-state index in [9.17, 15) is 10.1 Å². The van der Waals surface area contributed by atoms with Crippen molar-refractivity contribution in [3.8, 4) is 0 Å². The Balaban J connectivity index is 2.30. The molecule has 0 spiro atoms. The van der Waals surface area contributed by atoms with Gasteiger partial charge in [-0.15, -0.1) is 11.3 Å².